The summed E-state index contributed by atoms with van der Waals surface area (Å²) in [5.74, 6) is 0. The van der Waals surface area contributed by atoms with Gasteiger partial charge in [-0.1, -0.05) is 26.7 Å². The van der Waals surface area contributed by atoms with Crippen LogP contribution in [0.15, 0.2) is 23.4 Å². The standard InChI is InChI=1S/C11H14BrN3O4S2/c1-11(2,6-19-10(16)14-7-12)21-20-9-8(15(17)18)4-3-5-13-9/h3-5H,6-7H2,1-2H3,(H,14,16). The van der Waals surface area contributed by atoms with E-state index in [-0.39, 0.29) is 12.3 Å². The maximum Gasteiger partial charge on any atom is 0.407 e. The van der Waals surface area contributed by atoms with Crippen LogP contribution in [0.4, 0.5) is 10.5 Å². The smallest absolute Gasteiger partial charge is 0.407 e. The second kappa shape index (κ2) is 8.44. The highest BCUT2D eigenvalue weighted by Gasteiger charge is 2.24. The monoisotopic (exact) mass is 395 g/mol. The number of amides is 1. The Labute approximate surface area is 138 Å². The third-order valence-electron chi connectivity index (χ3n) is 2.06. The van der Waals surface area contributed by atoms with Crippen LogP contribution in [0.25, 0.3) is 0 Å². The Morgan fingerprint density at radius 3 is 2.95 bits per heavy atom. The molecule has 7 nitrogen and oxygen atoms in total. The number of hydrogen-bond donors (Lipinski definition) is 1. The molecule has 0 spiro atoms. The van der Waals surface area contributed by atoms with Gasteiger partial charge in [-0.05, 0) is 30.7 Å². The van der Waals surface area contributed by atoms with E-state index in [9.17, 15) is 14.9 Å². The number of carbonyl (C=O) groups excluding carboxylic acids is 1. The van der Waals surface area contributed by atoms with Crippen molar-refractivity contribution < 1.29 is 14.5 Å². The Kier molecular flexibility index (Phi) is 7.26. The minimum atomic E-state index is -0.519. The molecule has 1 aromatic heterocycles. The van der Waals surface area contributed by atoms with Gasteiger partial charge in [0.2, 0.25) is 0 Å². The van der Waals surface area contributed by atoms with E-state index in [1.807, 2.05) is 13.8 Å². The number of hydrogen-bond acceptors (Lipinski definition) is 7. The number of nitro groups is 1. The van der Waals surface area contributed by atoms with Crippen LogP contribution in [0, 0.1) is 10.1 Å². The number of nitrogens with zero attached hydrogens (tertiary/aromatic N) is 2. The van der Waals surface area contributed by atoms with Gasteiger partial charge in [-0.2, -0.15) is 0 Å². The van der Waals surface area contributed by atoms with Gasteiger partial charge in [-0.15, -0.1) is 0 Å². The largest absolute Gasteiger partial charge is 0.448 e. The minimum Gasteiger partial charge on any atom is -0.448 e. The van der Waals surface area contributed by atoms with Gasteiger partial charge < -0.3 is 10.1 Å². The van der Waals surface area contributed by atoms with Gasteiger partial charge in [0.05, 0.1) is 15.1 Å². The number of carbonyl (C=O) groups is 1. The van der Waals surface area contributed by atoms with Gasteiger partial charge in [-0.3, -0.25) is 10.1 Å². The lowest BCUT2D eigenvalue weighted by Gasteiger charge is -2.22. The predicted octanol–water partition coefficient (Wildman–Crippen LogP) is 3.59. The lowest BCUT2D eigenvalue weighted by atomic mass is 10.2. The molecule has 0 saturated carbocycles. The molecule has 1 N–H and O–H groups in total. The number of alkyl halides is 1. The first-order chi connectivity index (χ1) is 9.85. The van der Waals surface area contributed by atoms with Gasteiger partial charge in [-0.25, -0.2) is 9.78 Å². The highest BCUT2D eigenvalue weighted by molar-refractivity contribution is 9.09. The minimum absolute atomic E-state index is 0.0382. The summed E-state index contributed by atoms with van der Waals surface area (Å²) < 4.78 is 4.63. The zero-order valence-electron chi connectivity index (χ0n) is 11.4. The molecule has 0 unspecified atom stereocenters. The number of ether oxygens (including phenoxy) is 1. The Bertz CT molecular complexity index is 516. The van der Waals surface area contributed by atoms with Crippen molar-refractivity contribution in [1.29, 1.82) is 0 Å². The fraction of sp³-hybridized carbons (Fsp3) is 0.455. The molecule has 1 heterocycles. The summed E-state index contributed by atoms with van der Waals surface area (Å²) in [7, 11) is 2.55. The van der Waals surface area contributed by atoms with Crippen molar-refractivity contribution in [3.8, 4) is 0 Å². The number of rotatable bonds is 7. The lowest BCUT2D eigenvalue weighted by Crippen LogP contribution is -2.29. The van der Waals surface area contributed by atoms with Crippen LogP contribution in [-0.2, 0) is 4.74 Å². The van der Waals surface area contributed by atoms with Gasteiger partial charge in [0.15, 0.2) is 5.03 Å². The molecule has 1 rings (SSSR count). The maximum atomic E-state index is 11.2. The first-order valence-electron chi connectivity index (χ1n) is 5.77. The van der Waals surface area contributed by atoms with Crippen LogP contribution in [-0.4, -0.2) is 32.8 Å². The van der Waals surface area contributed by atoms with Crippen LogP contribution in [0.3, 0.4) is 0 Å². The second-order valence-electron chi connectivity index (χ2n) is 4.40. The highest BCUT2D eigenvalue weighted by Crippen LogP contribution is 2.42. The Hall–Kier alpha value is -1.00. The number of aromatic nitrogens is 1. The molecule has 0 aromatic carbocycles. The van der Waals surface area contributed by atoms with Crippen molar-refractivity contribution in [3.05, 3.63) is 28.4 Å². The number of alkyl carbamates (subject to hydrolysis) is 1. The molecular weight excluding hydrogens is 382 g/mol. The molecule has 0 fully saturated rings. The summed E-state index contributed by atoms with van der Waals surface area (Å²) in [4.78, 5) is 25.7. The molecule has 10 heteroatoms. The predicted molar refractivity (Wildman–Crippen MR) is 86.7 cm³/mol. The molecule has 0 saturated heterocycles. The first-order valence-corrected chi connectivity index (χ1v) is 9.04. The Morgan fingerprint density at radius 1 is 1.62 bits per heavy atom. The number of nitrogens with one attached hydrogen (secondary N) is 1. The lowest BCUT2D eigenvalue weighted by molar-refractivity contribution is -0.388. The fourth-order valence-electron chi connectivity index (χ4n) is 1.11. The average Bonchev–Trinajstić information content (AvgIpc) is 2.44. The topological polar surface area (TPSA) is 94.4 Å². The molecule has 21 heavy (non-hydrogen) atoms. The maximum absolute atomic E-state index is 11.2. The van der Waals surface area contributed by atoms with E-state index >= 15 is 0 Å². The molecule has 0 atom stereocenters. The summed E-state index contributed by atoms with van der Waals surface area (Å²) in [6.45, 7) is 3.92. The van der Waals surface area contributed by atoms with Crippen molar-refractivity contribution in [3.63, 3.8) is 0 Å². The van der Waals surface area contributed by atoms with Crippen LogP contribution >= 0.6 is 37.5 Å². The summed E-state index contributed by atoms with van der Waals surface area (Å²) >= 11 is 3.06. The molecule has 0 aliphatic carbocycles. The van der Waals surface area contributed by atoms with E-state index in [4.69, 9.17) is 4.74 Å². The number of pyridine rings is 1. The van der Waals surface area contributed by atoms with Crippen LogP contribution in [0.1, 0.15) is 13.8 Å². The zero-order chi connectivity index (χ0) is 15.9. The average molecular weight is 396 g/mol. The molecule has 0 bridgehead atoms. The van der Waals surface area contributed by atoms with E-state index in [1.54, 1.807) is 0 Å². The number of halogens is 1. The van der Waals surface area contributed by atoms with Crippen molar-refractivity contribution in [1.82, 2.24) is 10.3 Å². The quantitative estimate of drug-likeness (QED) is 0.247. The van der Waals surface area contributed by atoms with Gasteiger partial charge in [0, 0.05) is 12.3 Å². The van der Waals surface area contributed by atoms with Gasteiger partial charge in [0.1, 0.15) is 6.61 Å². The van der Waals surface area contributed by atoms with Crippen molar-refractivity contribution in [2.45, 2.75) is 23.6 Å². The summed E-state index contributed by atoms with van der Waals surface area (Å²) in [5, 5.41) is 13.7. The highest BCUT2D eigenvalue weighted by atomic mass is 79.9. The van der Waals surface area contributed by atoms with Crippen LogP contribution < -0.4 is 5.32 Å². The molecule has 0 aliphatic heterocycles. The van der Waals surface area contributed by atoms with Crippen molar-refractivity contribution >= 4 is 49.3 Å². The Balaban J connectivity index is 2.57. The Morgan fingerprint density at radius 2 is 2.33 bits per heavy atom. The van der Waals surface area contributed by atoms with Crippen molar-refractivity contribution in [2.24, 2.45) is 0 Å². The van der Waals surface area contributed by atoms with Crippen molar-refractivity contribution in [2.75, 3.05) is 12.1 Å². The van der Waals surface area contributed by atoms with E-state index in [2.05, 4.69) is 26.2 Å². The normalized spacial score (nSPS) is 11.0. The van der Waals surface area contributed by atoms with E-state index in [0.717, 1.165) is 0 Å². The SMILES string of the molecule is CC(C)(COC(=O)NCBr)SSc1ncccc1[N+](=O)[O-]. The molecular formula is C11H14BrN3O4S2. The summed E-state index contributed by atoms with van der Waals surface area (Å²) in [5.41, 5.74) is 0.276. The third-order valence-corrected chi connectivity index (χ3v) is 5.54. The molecule has 1 aromatic rings. The van der Waals surface area contributed by atoms with E-state index in [0.29, 0.717) is 10.5 Å². The van der Waals surface area contributed by atoms with Gasteiger partial charge >= 0.3 is 11.8 Å². The van der Waals surface area contributed by atoms with E-state index in [1.165, 1.54) is 39.9 Å². The molecule has 1 amide bonds. The molecule has 0 radical (unpaired) electrons. The van der Waals surface area contributed by atoms with E-state index < -0.39 is 15.8 Å². The summed E-state index contributed by atoms with van der Waals surface area (Å²) in [6, 6.07) is 2.93. The van der Waals surface area contributed by atoms with Crippen LogP contribution in [0.2, 0.25) is 0 Å². The molecule has 0 aliphatic rings. The fourth-order valence-corrected chi connectivity index (χ4v) is 3.52. The zero-order valence-corrected chi connectivity index (χ0v) is 14.6. The third kappa shape index (κ3) is 6.53. The van der Waals surface area contributed by atoms with Gasteiger partial charge in [0.25, 0.3) is 0 Å². The molecule has 116 valence electrons. The first kappa shape index (κ1) is 18.1. The van der Waals surface area contributed by atoms with Crippen LogP contribution in [0.5, 0.6) is 0 Å². The second-order valence-corrected chi connectivity index (χ2v) is 7.78. The summed E-state index contributed by atoms with van der Waals surface area (Å²) in [6.07, 6.45) is 0.984.